The van der Waals surface area contributed by atoms with Gasteiger partial charge in [-0.15, -0.1) is 0 Å². The van der Waals surface area contributed by atoms with E-state index in [0.29, 0.717) is 24.7 Å². The van der Waals surface area contributed by atoms with Crippen LogP contribution in [0.3, 0.4) is 0 Å². The van der Waals surface area contributed by atoms with E-state index in [4.69, 9.17) is 9.47 Å². The lowest BCUT2D eigenvalue weighted by molar-refractivity contribution is 0.270. The molecule has 1 atom stereocenters. The van der Waals surface area contributed by atoms with E-state index in [9.17, 15) is 8.42 Å². The van der Waals surface area contributed by atoms with Gasteiger partial charge in [-0.05, 0) is 61.3 Å². The number of ether oxygens (including phenoxy) is 2. The molecule has 0 radical (unpaired) electrons. The Balaban J connectivity index is 1.47. The second-order valence-electron chi connectivity index (χ2n) is 7.22. The third-order valence-corrected chi connectivity index (χ3v) is 7.58. The van der Waals surface area contributed by atoms with Gasteiger partial charge in [0.15, 0.2) is 21.3 Å². The molecule has 1 saturated heterocycles. The molecule has 0 spiro atoms. The Hall–Kier alpha value is -1.57. The van der Waals surface area contributed by atoms with Crippen LogP contribution < -0.4 is 9.47 Å². The van der Waals surface area contributed by atoms with E-state index >= 15 is 0 Å². The Morgan fingerprint density at radius 1 is 1.00 bits per heavy atom. The number of hydrogen-bond donors (Lipinski definition) is 0. The molecule has 2 aromatic rings. The number of nitrogens with zero attached hydrogens (tertiary/aromatic N) is 1. The molecular formula is C21H24BrNO4S. The quantitative estimate of drug-likeness (QED) is 0.661. The first kappa shape index (κ1) is 19.7. The highest BCUT2D eigenvalue weighted by Gasteiger charge is 2.28. The highest BCUT2D eigenvalue weighted by molar-refractivity contribution is 9.10. The van der Waals surface area contributed by atoms with Crippen molar-refractivity contribution in [3.05, 3.63) is 52.5 Å². The zero-order valence-corrected chi connectivity index (χ0v) is 18.0. The molecule has 2 aliphatic heterocycles. The SMILES string of the molecule is O=S(=O)(CCN1CCCC1c1ccc2c(c1)OCCCO2)c1ccc(Br)cc1. The summed E-state index contributed by atoms with van der Waals surface area (Å²) in [5, 5.41) is 0. The minimum Gasteiger partial charge on any atom is -0.490 e. The highest BCUT2D eigenvalue weighted by atomic mass is 79.9. The van der Waals surface area contributed by atoms with Gasteiger partial charge in [0.25, 0.3) is 0 Å². The summed E-state index contributed by atoms with van der Waals surface area (Å²) >= 11 is 3.35. The molecule has 28 heavy (non-hydrogen) atoms. The van der Waals surface area contributed by atoms with Crippen molar-refractivity contribution in [2.24, 2.45) is 0 Å². The molecule has 4 rings (SSSR count). The molecule has 0 aliphatic carbocycles. The van der Waals surface area contributed by atoms with Gasteiger partial charge in [0.05, 0.1) is 23.9 Å². The van der Waals surface area contributed by atoms with Crippen molar-refractivity contribution in [1.82, 2.24) is 4.90 Å². The molecule has 7 heteroatoms. The Kier molecular flexibility index (Phi) is 5.94. The molecule has 0 amide bonds. The van der Waals surface area contributed by atoms with E-state index in [1.54, 1.807) is 24.3 Å². The molecule has 1 fully saturated rings. The fraction of sp³-hybridized carbons (Fsp3) is 0.429. The van der Waals surface area contributed by atoms with Crippen molar-refractivity contribution in [3.8, 4) is 11.5 Å². The van der Waals surface area contributed by atoms with Crippen molar-refractivity contribution >= 4 is 25.8 Å². The van der Waals surface area contributed by atoms with Gasteiger partial charge in [-0.1, -0.05) is 22.0 Å². The lowest BCUT2D eigenvalue weighted by atomic mass is 10.0. The maximum Gasteiger partial charge on any atom is 0.179 e. The van der Waals surface area contributed by atoms with Gasteiger partial charge in [-0.3, -0.25) is 4.90 Å². The Bertz CT molecular complexity index is 930. The van der Waals surface area contributed by atoms with E-state index in [-0.39, 0.29) is 11.8 Å². The van der Waals surface area contributed by atoms with Crippen LogP contribution in [0.25, 0.3) is 0 Å². The zero-order chi connectivity index (χ0) is 19.6. The summed E-state index contributed by atoms with van der Waals surface area (Å²) in [6, 6.07) is 13.2. The topological polar surface area (TPSA) is 55.8 Å². The van der Waals surface area contributed by atoms with Gasteiger partial charge < -0.3 is 9.47 Å². The largest absolute Gasteiger partial charge is 0.490 e. The normalized spacial score (nSPS) is 20.1. The number of hydrogen-bond acceptors (Lipinski definition) is 5. The molecule has 1 unspecified atom stereocenters. The average molecular weight is 466 g/mol. The van der Waals surface area contributed by atoms with Crippen LogP contribution in [0, 0.1) is 0 Å². The van der Waals surface area contributed by atoms with Crippen molar-refractivity contribution in [1.29, 1.82) is 0 Å². The summed E-state index contributed by atoms with van der Waals surface area (Å²) in [4.78, 5) is 2.65. The van der Waals surface area contributed by atoms with Crippen molar-refractivity contribution in [3.63, 3.8) is 0 Å². The van der Waals surface area contributed by atoms with E-state index in [1.807, 2.05) is 6.07 Å². The van der Waals surface area contributed by atoms with Crippen LogP contribution in [0.2, 0.25) is 0 Å². The Labute approximate surface area is 174 Å². The summed E-state index contributed by atoms with van der Waals surface area (Å²) in [5.41, 5.74) is 1.17. The molecule has 0 saturated carbocycles. The van der Waals surface area contributed by atoms with E-state index in [0.717, 1.165) is 41.8 Å². The summed E-state index contributed by atoms with van der Waals surface area (Å²) in [5.74, 6) is 1.71. The van der Waals surface area contributed by atoms with Crippen molar-refractivity contribution < 1.29 is 17.9 Å². The standard InChI is InChI=1S/C21H24BrNO4S/c22-17-5-7-18(8-6-17)28(24,25)14-11-23-10-1-3-19(23)16-4-9-20-21(15-16)27-13-2-12-26-20/h4-9,15,19H,1-3,10-14H2. The number of likely N-dealkylation sites (tertiary alicyclic amines) is 1. The van der Waals surface area contributed by atoms with Crippen LogP contribution in [0.15, 0.2) is 51.8 Å². The fourth-order valence-electron chi connectivity index (χ4n) is 3.86. The number of rotatable bonds is 5. The smallest absolute Gasteiger partial charge is 0.179 e. The molecule has 0 aromatic heterocycles. The second kappa shape index (κ2) is 8.43. The van der Waals surface area contributed by atoms with Gasteiger partial charge >= 0.3 is 0 Å². The predicted octanol–water partition coefficient (Wildman–Crippen LogP) is 4.22. The first-order valence-corrected chi connectivity index (χ1v) is 12.1. The monoisotopic (exact) mass is 465 g/mol. The van der Waals surface area contributed by atoms with Gasteiger partial charge in [0.2, 0.25) is 0 Å². The first-order valence-electron chi connectivity index (χ1n) is 9.65. The minimum absolute atomic E-state index is 0.121. The van der Waals surface area contributed by atoms with Crippen LogP contribution in [-0.4, -0.2) is 45.4 Å². The van der Waals surface area contributed by atoms with Gasteiger partial charge in [0.1, 0.15) is 0 Å². The van der Waals surface area contributed by atoms with Crippen molar-refractivity contribution in [2.45, 2.75) is 30.2 Å². The zero-order valence-electron chi connectivity index (χ0n) is 15.6. The van der Waals surface area contributed by atoms with Crippen LogP contribution >= 0.6 is 15.9 Å². The first-order chi connectivity index (χ1) is 13.5. The fourth-order valence-corrected chi connectivity index (χ4v) is 5.38. The predicted molar refractivity (Wildman–Crippen MR) is 112 cm³/mol. The van der Waals surface area contributed by atoms with Gasteiger partial charge in [-0.25, -0.2) is 8.42 Å². The summed E-state index contributed by atoms with van der Waals surface area (Å²) < 4.78 is 37.8. The van der Waals surface area contributed by atoms with Gasteiger partial charge in [0, 0.05) is 23.5 Å². The third kappa shape index (κ3) is 4.36. The van der Waals surface area contributed by atoms with E-state index in [1.165, 1.54) is 5.56 Å². The molecule has 2 aliphatic rings. The maximum absolute atomic E-state index is 12.7. The number of sulfone groups is 1. The average Bonchev–Trinajstić information content (AvgIpc) is 3.03. The molecule has 2 aromatic carbocycles. The summed E-state index contributed by atoms with van der Waals surface area (Å²) in [6.45, 7) is 2.78. The third-order valence-electron chi connectivity index (χ3n) is 5.34. The number of halogens is 1. The molecule has 150 valence electrons. The lowest BCUT2D eigenvalue weighted by Gasteiger charge is -2.25. The Morgan fingerprint density at radius 2 is 1.75 bits per heavy atom. The summed E-state index contributed by atoms with van der Waals surface area (Å²) in [6.07, 6.45) is 2.98. The molecule has 0 bridgehead atoms. The highest BCUT2D eigenvalue weighted by Crippen LogP contribution is 2.37. The van der Waals surface area contributed by atoms with E-state index < -0.39 is 9.84 Å². The maximum atomic E-state index is 12.7. The molecular weight excluding hydrogens is 442 g/mol. The molecule has 0 N–H and O–H groups in total. The number of fused-ring (bicyclic) bond motifs is 1. The van der Waals surface area contributed by atoms with Gasteiger partial charge in [-0.2, -0.15) is 0 Å². The van der Waals surface area contributed by atoms with Crippen LogP contribution in [0.4, 0.5) is 0 Å². The minimum atomic E-state index is -3.30. The molecule has 5 nitrogen and oxygen atoms in total. The Morgan fingerprint density at radius 3 is 2.54 bits per heavy atom. The number of benzene rings is 2. The van der Waals surface area contributed by atoms with Crippen LogP contribution in [-0.2, 0) is 9.84 Å². The molecule has 2 heterocycles. The lowest BCUT2D eigenvalue weighted by Crippen LogP contribution is -2.29. The summed E-state index contributed by atoms with van der Waals surface area (Å²) in [7, 11) is -3.30. The second-order valence-corrected chi connectivity index (χ2v) is 10.2. The van der Waals surface area contributed by atoms with E-state index in [2.05, 4.69) is 33.0 Å². The van der Waals surface area contributed by atoms with Crippen LogP contribution in [0.5, 0.6) is 11.5 Å². The van der Waals surface area contributed by atoms with Crippen LogP contribution in [0.1, 0.15) is 30.9 Å². The van der Waals surface area contributed by atoms with Crippen molar-refractivity contribution in [2.75, 3.05) is 32.1 Å².